The lowest BCUT2D eigenvalue weighted by Crippen LogP contribution is -2.42. The van der Waals surface area contributed by atoms with Crippen LogP contribution in [0.25, 0.3) is 0 Å². The van der Waals surface area contributed by atoms with Crippen LogP contribution in [0.5, 0.6) is 0 Å². The highest BCUT2D eigenvalue weighted by Gasteiger charge is 2.37. The minimum Gasteiger partial charge on any atom is -0.321 e. The van der Waals surface area contributed by atoms with Crippen molar-refractivity contribution in [3.63, 3.8) is 0 Å². The summed E-state index contributed by atoms with van der Waals surface area (Å²) in [5.74, 6) is -0.629. The molecule has 7 nitrogen and oxygen atoms in total. The van der Waals surface area contributed by atoms with Crippen LogP contribution in [0, 0.1) is 0 Å². The topological polar surface area (TPSA) is 95.9 Å². The summed E-state index contributed by atoms with van der Waals surface area (Å²) < 4.78 is 23.4. The molecule has 1 atom stereocenters. The van der Waals surface area contributed by atoms with Crippen molar-refractivity contribution in [2.45, 2.75) is 51.5 Å². The maximum atomic E-state index is 12.7. The molecule has 2 aliphatic rings. The zero-order valence-electron chi connectivity index (χ0n) is 15.9. The van der Waals surface area contributed by atoms with Crippen LogP contribution >= 0.6 is 0 Å². The van der Waals surface area contributed by atoms with Crippen LogP contribution in [0.4, 0.5) is 5.69 Å². The fraction of sp³-hybridized carbons (Fsp3) is 0.526. The number of rotatable bonds is 3. The number of carbonyl (C=O) groups is 2. The molecule has 2 heterocycles. The lowest BCUT2D eigenvalue weighted by Gasteiger charge is -2.28. The number of nitrogens with zero attached hydrogens (tertiary/aromatic N) is 2. The van der Waals surface area contributed by atoms with Gasteiger partial charge in [0.25, 0.3) is 5.91 Å². The maximum Gasteiger partial charge on any atom is 0.271 e. The van der Waals surface area contributed by atoms with E-state index in [9.17, 15) is 18.0 Å². The molecule has 0 aromatic heterocycles. The molecule has 0 radical (unpaired) electrons. The van der Waals surface area contributed by atoms with Gasteiger partial charge in [0.1, 0.15) is 5.71 Å². The monoisotopic (exact) mass is 391 g/mol. The average Bonchev–Trinajstić information content (AvgIpc) is 2.94. The van der Waals surface area contributed by atoms with E-state index in [2.05, 4.69) is 31.2 Å². The van der Waals surface area contributed by atoms with Gasteiger partial charge in [-0.05, 0) is 23.5 Å². The molecule has 0 bridgehead atoms. The molecule has 27 heavy (non-hydrogen) atoms. The normalized spacial score (nSPS) is 22.5. The quantitative estimate of drug-likeness (QED) is 0.853. The maximum absolute atomic E-state index is 12.7. The fourth-order valence-electron chi connectivity index (χ4n) is 3.43. The minimum absolute atomic E-state index is 0.0530. The zero-order valence-corrected chi connectivity index (χ0v) is 16.7. The Morgan fingerprint density at radius 2 is 1.93 bits per heavy atom. The van der Waals surface area contributed by atoms with Gasteiger partial charge in [-0.1, -0.05) is 39.0 Å². The van der Waals surface area contributed by atoms with E-state index in [0.717, 1.165) is 5.56 Å². The number of anilines is 1. The van der Waals surface area contributed by atoms with E-state index in [4.69, 9.17) is 0 Å². The molecule has 0 spiro atoms. The number of nitrogens with one attached hydrogen (secondary N) is 1. The zero-order chi connectivity index (χ0) is 19.8. The van der Waals surface area contributed by atoms with Gasteiger partial charge in [0.15, 0.2) is 9.84 Å². The van der Waals surface area contributed by atoms with E-state index in [-0.39, 0.29) is 47.3 Å². The summed E-state index contributed by atoms with van der Waals surface area (Å²) in [4.78, 5) is 24.9. The first-order valence-corrected chi connectivity index (χ1v) is 10.9. The highest BCUT2D eigenvalue weighted by molar-refractivity contribution is 7.91. The van der Waals surface area contributed by atoms with E-state index in [0.29, 0.717) is 12.1 Å². The Morgan fingerprint density at radius 1 is 1.22 bits per heavy atom. The van der Waals surface area contributed by atoms with Gasteiger partial charge in [-0.3, -0.25) is 9.59 Å². The molecule has 146 valence electrons. The van der Waals surface area contributed by atoms with Crippen LogP contribution < -0.4 is 5.32 Å². The molecular weight excluding hydrogens is 366 g/mol. The third-order valence-corrected chi connectivity index (χ3v) is 6.61. The summed E-state index contributed by atoms with van der Waals surface area (Å²) in [6.45, 7) is 6.20. The van der Waals surface area contributed by atoms with Crippen molar-refractivity contribution in [2.24, 2.45) is 5.10 Å². The number of hydrogen-bond donors (Lipinski definition) is 1. The van der Waals surface area contributed by atoms with Gasteiger partial charge >= 0.3 is 0 Å². The molecule has 1 aromatic carbocycles. The third-order valence-electron chi connectivity index (χ3n) is 4.86. The predicted octanol–water partition coefficient (Wildman–Crippen LogP) is 2.09. The summed E-state index contributed by atoms with van der Waals surface area (Å²) >= 11 is 0. The van der Waals surface area contributed by atoms with Gasteiger partial charge < -0.3 is 5.32 Å². The average molecular weight is 391 g/mol. The van der Waals surface area contributed by atoms with E-state index in [1.54, 1.807) is 0 Å². The Kier molecular flexibility index (Phi) is 5.12. The summed E-state index contributed by atoms with van der Waals surface area (Å²) in [6, 6.07) is 7.11. The molecule has 0 aliphatic carbocycles. The molecular formula is C19H25N3O4S. The van der Waals surface area contributed by atoms with E-state index >= 15 is 0 Å². The van der Waals surface area contributed by atoms with Gasteiger partial charge in [0.05, 0.1) is 17.5 Å². The summed E-state index contributed by atoms with van der Waals surface area (Å²) in [5, 5.41) is 8.33. The first-order valence-electron chi connectivity index (χ1n) is 9.08. The number of carbonyl (C=O) groups excluding carboxylic acids is 2. The van der Waals surface area contributed by atoms with Crippen molar-refractivity contribution in [3.05, 3.63) is 29.8 Å². The van der Waals surface area contributed by atoms with Gasteiger partial charge in [-0.25, -0.2) is 13.4 Å². The van der Waals surface area contributed by atoms with Crippen LogP contribution in [-0.4, -0.2) is 48.5 Å². The standard InChI is InChI=1S/C19H25N3O4S/c1-19(2,3)14-6-4-5-7-15(14)20-18(24)16-8-9-17(23)22(21-16)13-10-11-27(25,26)12-13/h4-7,13H,8-12H2,1-3H3,(H,20,24)/t13-/m0/s1. The highest BCUT2D eigenvalue weighted by Crippen LogP contribution is 2.29. The first kappa shape index (κ1) is 19.5. The molecule has 2 aliphatic heterocycles. The second kappa shape index (κ2) is 7.07. The summed E-state index contributed by atoms with van der Waals surface area (Å²) in [6.07, 6.45) is 0.765. The molecule has 0 saturated carbocycles. The largest absolute Gasteiger partial charge is 0.321 e. The Labute approximate surface area is 159 Å². The van der Waals surface area contributed by atoms with Gasteiger partial charge in [0, 0.05) is 18.5 Å². The van der Waals surface area contributed by atoms with Crippen molar-refractivity contribution in [1.82, 2.24) is 5.01 Å². The van der Waals surface area contributed by atoms with Gasteiger partial charge in [0.2, 0.25) is 5.91 Å². The number of amides is 2. The number of benzene rings is 1. The molecule has 1 saturated heterocycles. The smallest absolute Gasteiger partial charge is 0.271 e. The van der Waals surface area contributed by atoms with Crippen LogP contribution in [0.15, 0.2) is 29.4 Å². The van der Waals surface area contributed by atoms with Crippen molar-refractivity contribution in [2.75, 3.05) is 16.8 Å². The van der Waals surface area contributed by atoms with E-state index < -0.39 is 15.9 Å². The molecule has 2 amide bonds. The summed E-state index contributed by atoms with van der Waals surface area (Å²) in [5.41, 5.74) is 1.83. The van der Waals surface area contributed by atoms with Crippen LogP contribution in [0.3, 0.4) is 0 Å². The minimum atomic E-state index is -3.14. The van der Waals surface area contributed by atoms with Crippen molar-refractivity contribution in [1.29, 1.82) is 0 Å². The number of para-hydroxylation sites is 1. The predicted molar refractivity (Wildman–Crippen MR) is 104 cm³/mol. The molecule has 8 heteroatoms. The Morgan fingerprint density at radius 3 is 2.56 bits per heavy atom. The Bertz CT molecular complexity index is 900. The lowest BCUT2D eigenvalue weighted by molar-refractivity contribution is -0.133. The SMILES string of the molecule is CC(C)(C)c1ccccc1NC(=O)C1=NN([C@H]2CCS(=O)(=O)C2)C(=O)CC1. The van der Waals surface area contributed by atoms with E-state index in [1.165, 1.54) is 5.01 Å². The Hall–Kier alpha value is -2.22. The Balaban J connectivity index is 1.81. The molecule has 0 unspecified atom stereocenters. The third kappa shape index (κ3) is 4.37. The van der Waals surface area contributed by atoms with Crippen molar-refractivity contribution >= 4 is 33.1 Å². The van der Waals surface area contributed by atoms with Gasteiger partial charge in [-0.15, -0.1) is 0 Å². The second-order valence-electron chi connectivity index (χ2n) is 8.09. The molecule has 1 aromatic rings. The van der Waals surface area contributed by atoms with Crippen LogP contribution in [-0.2, 0) is 24.8 Å². The molecule has 3 rings (SSSR count). The number of hydrogen-bond acceptors (Lipinski definition) is 5. The highest BCUT2D eigenvalue weighted by atomic mass is 32.2. The number of sulfone groups is 1. The number of hydrazone groups is 1. The van der Waals surface area contributed by atoms with E-state index in [1.807, 2.05) is 24.3 Å². The lowest BCUT2D eigenvalue weighted by atomic mass is 9.86. The van der Waals surface area contributed by atoms with Crippen LogP contribution in [0.1, 0.15) is 45.6 Å². The molecule has 1 fully saturated rings. The first-order chi connectivity index (χ1) is 12.6. The summed E-state index contributed by atoms with van der Waals surface area (Å²) in [7, 11) is -3.14. The van der Waals surface area contributed by atoms with Crippen LogP contribution in [0.2, 0.25) is 0 Å². The second-order valence-corrected chi connectivity index (χ2v) is 10.3. The van der Waals surface area contributed by atoms with Crippen molar-refractivity contribution < 1.29 is 18.0 Å². The van der Waals surface area contributed by atoms with Gasteiger partial charge in [-0.2, -0.15) is 5.10 Å². The molecule has 1 N–H and O–H groups in total. The van der Waals surface area contributed by atoms with Crippen molar-refractivity contribution in [3.8, 4) is 0 Å². The fourth-order valence-corrected chi connectivity index (χ4v) is 5.12.